The summed E-state index contributed by atoms with van der Waals surface area (Å²) in [5, 5.41) is 4.99. The van der Waals surface area contributed by atoms with Gasteiger partial charge in [0.1, 0.15) is 5.75 Å². The van der Waals surface area contributed by atoms with Gasteiger partial charge < -0.3 is 4.74 Å². The van der Waals surface area contributed by atoms with Crippen molar-refractivity contribution >= 4 is 46.1 Å². The Morgan fingerprint density at radius 3 is 2.48 bits per heavy atom. The Balaban J connectivity index is 1.57. The number of halogens is 1. The van der Waals surface area contributed by atoms with E-state index in [1.807, 2.05) is 60.7 Å². The Kier molecular flexibility index (Phi) is 5.74. The highest BCUT2D eigenvalue weighted by Gasteiger charge is 2.08. The fourth-order valence-electron chi connectivity index (χ4n) is 2.70. The number of hydrogen-bond acceptors (Lipinski definition) is 5. The van der Waals surface area contributed by atoms with Crippen LogP contribution in [0.25, 0.3) is 23.2 Å². The molecule has 0 N–H and O–H groups in total. The van der Waals surface area contributed by atoms with Crippen molar-refractivity contribution in [2.45, 2.75) is 13.3 Å². The first-order valence-electron chi connectivity index (χ1n) is 9.20. The maximum atomic E-state index is 12.6. The van der Waals surface area contributed by atoms with Crippen LogP contribution < -0.4 is 14.8 Å². The number of hydrogen-bond donors (Lipinski definition) is 0. The third-order valence-electron chi connectivity index (χ3n) is 4.14. The van der Waals surface area contributed by atoms with Crippen LogP contribution in [-0.2, 0) is 0 Å². The Labute approximate surface area is 176 Å². The molecule has 0 fully saturated rings. The summed E-state index contributed by atoms with van der Waals surface area (Å²) in [7, 11) is 0. The molecule has 146 valence electrons. The van der Waals surface area contributed by atoms with E-state index < -0.39 is 0 Å². The molecule has 0 amide bonds. The van der Waals surface area contributed by atoms with Crippen LogP contribution in [0.4, 0.5) is 0 Å². The molecule has 2 heterocycles. The summed E-state index contributed by atoms with van der Waals surface area (Å²) in [6.45, 7) is 2.76. The van der Waals surface area contributed by atoms with E-state index in [1.165, 1.54) is 15.9 Å². The first-order chi connectivity index (χ1) is 14.1. The van der Waals surface area contributed by atoms with Gasteiger partial charge in [0.15, 0.2) is 5.82 Å². The fraction of sp³-hybridized carbons (Fsp3) is 0.136. The Hall–Kier alpha value is -2.96. The van der Waals surface area contributed by atoms with Gasteiger partial charge in [-0.25, -0.2) is 0 Å². The second-order valence-corrected chi connectivity index (χ2v) is 7.83. The monoisotopic (exact) mass is 423 g/mol. The van der Waals surface area contributed by atoms with Gasteiger partial charge in [-0.1, -0.05) is 60.2 Å². The number of rotatable bonds is 6. The Morgan fingerprint density at radius 1 is 1.07 bits per heavy atom. The zero-order valence-corrected chi connectivity index (χ0v) is 17.3. The molecule has 29 heavy (non-hydrogen) atoms. The van der Waals surface area contributed by atoms with Crippen LogP contribution in [0.3, 0.4) is 0 Å². The predicted octanol–water partition coefficient (Wildman–Crippen LogP) is 4.31. The van der Waals surface area contributed by atoms with E-state index >= 15 is 0 Å². The molecule has 2 aromatic carbocycles. The van der Waals surface area contributed by atoms with Crippen molar-refractivity contribution < 1.29 is 4.74 Å². The molecule has 0 aliphatic rings. The van der Waals surface area contributed by atoms with Crippen LogP contribution in [0, 0.1) is 0 Å². The van der Waals surface area contributed by atoms with Crippen molar-refractivity contribution in [3.05, 3.63) is 85.4 Å². The standard InChI is InChI=1S/C22H18ClN3O2S/c1-2-13-28-18-10-5-16(6-11-18)14-19-21(27)26-22(29-19)24-20(25-26)12-7-15-3-8-17(23)9-4-15/h3-12,14H,2,13H2,1H3. The quantitative estimate of drug-likeness (QED) is 0.463. The molecule has 0 bridgehead atoms. The molecule has 0 aliphatic heterocycles. The molecule has 0 saturated heterocycles. The smallest absolute Gasteiger partial charge is 0.291 e. The minimum absolute atomic E-state index is 0.171. The molecule has 0 aliphatic carbocycles. The lowest BCUT2D eigenvalue weighted by molar-refractivity contribution is 0.317. The average molecular weight is 424 g/mol. The minimum Gasteiger partial charge on any atom is -0.494 e. The Bertz CT molecular complexity index is 1260. The first-order valence-corrected chi connectivity index (χ1v) is 10.4. The second-order valence-electron chi connectivity index (χ2n) is 6.38. The van der Waals surface area contributed by atoms with Crippen molar-refractivity contribution in [1.29, 1.82) is 0 Å². The fourth-order valence-corrected chi connectivity index (χ4v) is 3.74. The SMILES string of the molecule is CCCOc1ccc(C=c2sc3nc(C=Cc4ccc(Cl)cc4)nn3c2=O)cc1. The lowest BCUT2D eigenvalue weighted by atomic mass is 10.2. The summed E-state index contributed by atoms with van der Waals surface area (Å²) in [5.74, 6) is 1.32. The minimum atomic E-state index is -0.171. The van der Waals surface area contributed by atoms with Gasteiger partial charge in [-0.05, 0) is 54.0 Å². The molecule has 0 atom stereocenters. The van der Waals surface area contributed by atoms with Crippen molar-refractivity contribution in [2.75, 3.05) is 6.61 Å². The Morgan fingerprint density at radius 2 is 1.79 bits per heavy atom. The maximum Gasteiger partial charge on any atom is 0.291 e. The van der Waals surface area contributed by atoms with Crippen LogP contribution >= 0.6 is 22.9 Å². The van der Waals surface area contributed by atoms with E-state index in [9.17, 15) is 4.79 Å². The van der Waals surface area contributed by atoms with E-state index in [-0.39, 0.29) is 5.56 Å². The normalized spacial score (nSPS) is 12.3. The molecule has 2 aromatic heterocycles. The molecule has 0 spiro atoms. The van der Waals surface area contributed by atoms with Gasteiger partial charge in [0.2, 0.25) is 4.96 Å². The van der Waals surface area contributed by atoms with Gasteiger partial charge in [-0.15, -0.1) is 5.10 Å². The van der Waals surface area contributed by atoms with Gasteiger partial charge in [-0.2, -0.15) is 9.50 Å². The molecule has 0 radical (unpaired) electrons. The predicted molar refractivity (Wildman–Crippen MR) is 119 cm³/mol. The molecule has 0 unspecified atom stereocenters. The summed E-state index contributed by atoms with van der Waals surface area (Å²) < 4.78 is 7.52. The van der Waals surface area contributed by atoms with E-state index in [0.29, 0.717) is 26.9 Å². The van der Waals surface area contributed by atoms with Crippen LogP contribution in [0.2, 0.25) is 5.02 Å². The summed E-state index contributed by atoms with van der Waals surface area (Å²) >= 11 is 7.21. The second kappa shape index (κ2) is 8.59. The van der Waals surface area contributed by atoms with Crippen LogP contribution in [0.1, 0.15) is 30.3 Å². The van der Waals surface area contributed by atoms with E-state index in [2.05, 4.69) is 17.0 Å². The molecule has 0 saturated carbocycles. The van der Waals surface area contributed by atoms with Gasteiger partial charge in [0.05, 0.1) is 11.1 Å². The number of benzene rings is 2. The van der Waals surface area contributed by atoms with Gasteiger partial charge >= 0.3 is 0 Å². The third kappa shape index (κ3) is 4.55. The molecule has 4 rings (SSSR count). The summed E-state index contributed by atoms with van der Waals surface area (Å²) in [5.41, 5.74) is 1.74. The molecular weight excluding hydrogens is 406 g/mol. The lowest BCUT2D eigenvalue weighted by Gasteiger charge is -2.03. The highest BCUT2D eigenvalue weighted by atomic mass is 35.5. The van der Waals surface area contributed by atoms with Gasteiger partial charge in [0.25, 0.3) is 5.56 Å². The van der Waals surface area contributed by atoms with Crippen molar-refractivity contribution in [1.82, 2.24) is 14.6 Å². The van der Waals surface area contributed by atoms with Crippen LogP contribution in [-0.4, -0.2) is 21.2 Å². The first kappa shape index (κ1) is 19.4. The molecule has 4 aromatic rings. The van der Waals surface area contributed by atoms with Crippen molar-refractivity contribution in [2.24, 2.45) is 0 Å². The summed E-state index contributed by atoms with van der Waals surface area (Å²) in [6.07, 6.45) is 6.47. The number of nitrogens with zero attached hydrogens (tertiary/aromatic N) is 3. The van der Waals surface area contributed by atoms with Gasteiger partial charge in [-0.3, -0.25) is 4.79 Å². The summed E-state index contributed by atoms with van der Waals surface area (Å²) in [4.78, 5) is 17.6. The van der Waals surface area contributed by atoms with Crippen LogP contribution in [0.15, 0.2) is 53.3 Å². The number of thiazole rings is 1. The highest BCUT2D eigenvalue weighted by Crippen LogP contribution is 2.14. The average Bonchev–Trinajstić information content (AvgIpc) is 3.26. The number of ether oxygens (including phenoxy) is 1. The topological polar surface area (TPSA) is 56.5 Å². The number of aromatic nitrogens is 3. The van der Waals surface area contributed by atoms with E-state index in [1.54, 1.807) is 6.08 Å². The van der Waals surface area contributed by atoms with Crippen LogP contribution in [0.5, 0.6) is 5.75 Å². The zero-order chi connectivity index (χ0) is 20.2. The largest absolute Gasteiger partial charge is 0.494 e. The van der Waals surface area contributed by atoms with Crippen molar-refractivity contribution in [3.8, 4) is 5.75 Å². The number of fused-ring (bicyclic) bond motifs is 1. The zero-order valence-electron chi connectivity index (χ0n) is 15.7. The van der Waals surface area contributed by atoms with E-state index in [0.717, 1.165) is 23.3 Å². The highest BCUT2D eigenvalue weighted by molar-refractivity contribution is 7.15. The lowest BCUT2D eigenvalue weighted by Crippen LogP contribution is -2.23. The molecule has 7 heteroatoms. The maximum absolute atomic E-state index is 12.6. The molecule has 5 nitrogen and oxygen atoms in total. The molecular formula is C22H18ClN3O2S. The third-order valence-corrected chi connectivity index (χ3v) is 5.35. The summed E-state index contributed by atoms with van der Waals surface area (Å²) in [6, 6.07) is 15.1. The van der Waals surface area contributed by atoms with E-state index in [4.69, 9.17) is 16.3 Å². The van der Waals surface area contributed by atoms with Gasteiger partial charge in [0, 0.05) is 5.02 Å². The van der Waals surface area contributed by atoms with Crippen molar-refractivity contribution in [3.63, 3.8) is 0 Å².